The van der Waals surface area contributed by atoms with E-state index in [9.17, 15) is 9.59 Å². The first-order chi connectivity index (χ1) is 55.4. The van der Waals surface area contributed by atoms with Gasteiger partial charge in [0.15, 0.2) is 81.1 Å². The van der Waals surface area contributed by atoms with E-state index in [1.165, 1.54) is 0 Å². The lowest BCUT2D eigenvalue weighted by Crippen LogP contribution is -2.68. The maximum atomic E-state index is 15.3. The summed E-state index contributed by atoms with van der Waals surface area (Å²) >= 11 is 0. The molecule has 6 rings (SSSR count). The van der Waals surface area contributed by atoms with Crippen LogP contribution < -0.4 is 5.32 Å². The van der Waals surface area contributed by atoms with Crippen molar-refractivity contribution >= 4 is 92.9 Å². The first kappa shape index (κ1) is 104. The SMILES string of the molecule is C=CCOC(=O)[C@@H]1[C@@H](O[Si](C)(C)C)C=C2C[C@@H](O[Si](C)(C)C)C[C@@H](O[Si](C)(C)C)[C@H](O[Si](C)(C)C)CC[C@@H](O[Si](C)(C)C)C[C@@H](O[Si](C)(C)C)CC(=O)O[C@@H](C)[C@H](C)[C@H](O[Si](C)(C)C)[C@@H](C)/C=C/C=C/C=C/C=C/C=C/C=C/C=C/[C@H](O[C@@H]3O[C@H](C)[C@@H](O[Si](C)(C)C)[C@H](NC(=O)OCC4c5ccccc5-c5ccccc54)[C@@H]3O[Si](C)(C)C)C[C@@H]1O2. The molecule has 0 unspecified atom stereocenters. The Bertz CT molecular complexity index is 3770. The van der Waals surface area contributed by atoms with Crippen molar-refractivity contribution in [1.29, 1.82) is 0 Å². The molecule has 0 aromatic heterocycles. The number of alkyl carbamates (subject to hydrolysis) is 1. The van der Waals surface area contributed by atoms with Gasteiger partial charge in [0.1, 0.15) is 37.4 Å². The number of cyclic esters (lactones) is 1. The maximum absolute atomic E-state index is 15.3. The number of hydrogen-bond donors (Lipinski definition) is 1. The van der Waals surface area contributed by atoms with Crippen LogP contribution in [0.1, 0.15) is 89.7 Å². The minimum Gasteiger partial charge on any atom is -0.494 e. The average Bonchev–Trinajstić information content (AvgIpc) is 1.00. The summed E-state index contributed by atoms with van der Waals surface area (Å²) in [7, 11) is -21.2. The molecule has 1 N–H and O–H groups in total. The van der Waals surface area contributed by atoms with Gasteiger partial charge in [-0.2, -0.15) is 0 Å². The van der Waals surface area contributed by atoms with Crippen molar-refractivity contribution in [2.24, 2.45) is 17.8 Å². The van der Waals surface area contributed by atoms with Gasteiger partial charge in [-0.3, -0.25) is 9.59 Å². The molecule has 1 amide bonds. The predicted molar refractivity (Wildman–Crippen MR) is 513 cm³/mol. The van der Waals surface area contributed by atoms with Gasteiger partial charge in [-0.1, -0.05) is 160 Å². The number of rotatable bonds is 26. The number of ether oxygens (including phenoxy) is 6. The zero-order valence-corrected chi connectivity index (χ0v) is 88.2. The topological polar surface area (TPSA) is 202 Å². The summed E-state index contributed by atoms with van der Waals surface area (Å²) in [5.41, 5.74) is 4.45. The molecule has 2 aromatic carbocycles. The van der Waals surface area contributed by atoms with Gasteiger partial charge >= 0.3 is 18.0 Å². The van der Waals surface area contributed by atoms with Gasteiger partial charge in [-0.15, -0.1) is 0 Å². The van der Waals surface area contributed by atoms with Gasteiger partial charge in [0.25, 0.3) is 0 Å². The monoisotopic (exact) mass is 1820 g/mol. The van der Waals surface area contributed by atoms with E-state index in [-0.39, 0.29) is 62.0 Å². The Morgan fingerprint density at radius 1 is 0.467 bits per heavy atom. The van der Waals surface area contributed by atoms with E-state index in [1.807, 2.05) is 117 Å². The number of amides is 1. The fourth-order valence-corrected chi connectivity index (χ4v) is 26.1. The zero-order valence-electron chi connectivity index (χ0n) is 79.2. The number of nitrogens with one attached hydrogen (secondary N) is 1. The number of carbonyl (C=O) groups excluding carboxylic acids is 3. The quantitative estimate of drug-likeness (QED) is 0.0403. The Morgan fingerprint density at radius 2 is 0.917 bits per heavy atom. The second kappa shape index (κ2) is 45.9. The molecule has 1 saturated heterocycles. The summed E-state index contributed by atoms with van der Waals surface area (Å²) in [5, 5.41) is 3.32. The maximum Gasteiger partial charge on any atom is 0.407 e. The van der Waals surface area contributed by atoms with Crippen LogP contribution in [-0.4, -0.2) is 198 Å². The molecule has 674 valence electrons. The third-order valence-corrected chi connectivity index (χ3v) is 28.9. The second-order valence-electron chi connectivity index (χ2n) is 41.8. The molecule has 120 heavy (non-hydrogen) atoms. The normalized spacial score (nSPS) is 30.3. The Morgan fingerprint density at radius 3 is 1.42 bits per heavy atom. The van der Waals surface area contributed by atoms with Crippen molar-refractivity contribution in [1.82, 2.24) is 5.32 Å². The van der Waals surface area contributed by atoms with Crippen LogP contribution in [0.3, 0.4) is 0 Å². The summed E-state index contributed by atoms with van der Waals surface area (Å²) in [6.07, 6.45) is 24.6. The summed E-state index contributed by atoms with van der Waals surface area (Å²) in [5.74, 6) is -1.52. The summed E-state index contributed by atoms with van der Waals surface area (Å²) in [6.45, 7) is 71.0. The Balaban J connectivity index is 1.54. The number of fused-ring (bicyclic) bond motifs is 5. The number of allylic oxidation sites excluding steroid dienone is 12. The number of carbonyl (C=O) groups is 3. The molecule has 2 bridgehead atoms. The molecule has 18 atom stereocenters. The number of hydrogen-bond acceptors (Lipinski definition) is 18. The van der Waals surface area contributed by atoms with Crippen molar-refractivity contribution in [3.8, 4) is 11.1 Å². The molecule has 3 aliphatic heterocycles. The Kier molecular flexibility index (Phi) is 39.9. The highest BCUT2D eigenvalue weighted by molar-refractivity contribution is 6.72. The zero-order chi connectivity index (χ0) is 89.7. The van der Waals surface area contributed by atoms with E-state index in [4.69, 9.17) is 68.3 Å². The number of benzene rings is 2. The summed E-state index contributed by atoms with van der Waals surface area (Å²) in [6, 6.07) is 15.8. The lowest BCUT2D eigenvalue weighted by Gasteiger charge is -2.49. The smallest absolute Gasteiger partial charge is 0.407 e. The highest BCUT2D eigenvalue weighted by Gasteiger charge is 2.52. The minimum atomic E-state index is -2.58. The molecule has 1 aliphatic carbocycles. The van der Waals surface area contributed by atoms with Crippen molar-refractivity contribution in [2.75, 3.05) is 13.2 Å². The van der Waals surface area contributed by atoms with Crippen LogP contribution in [0.2, 0.25) is 177 Å². The third kappa shape index (κ3) is 38.4. The molecule has 0 saturated carbocycles. The molecule has 1 fully saturated rings. The van der Waals surface area contributed by atoms with Crippen LogP contribution in [0.4, 0.5) is 4.79 Å². The van der Waals surface area contributed by atoms with Gasteiger partial charge < -0.3 is 73.6 Å². The number of esters is 2. The van der Waals surface area contributed by atoms with E-state index in [1.54, 1.807) is 6.08 Å². The van der Waals surface area contributed by atoms with Crippen LogP contribution in [0.5, 0.6) is 0 Å². The third-order valence-electron chi connectivity index (χ3n) is 19.8. The first-order valence-electron chi connectivity index (χ1n) is 44.0. The highest BCUT2D eigenvalue weighted by atomic mass is 28.4. The molecule has 2 aromatic rings. The van der Waals surface area contributed by atoms with E-state index in [2.05, 4.69) is 239 Å². The van der Waals surface area contributed by atoms with Gasteiger partial charge in [-0.05, 0) is 244 Å². The highest BCUT2D eigenvalue weighted by Crippen LogP contribution is 2.46. The molecular formula is C92H157NO18Si9. The second-order valence-corrected chi connectivity index (χ2v) is 81.9. The van der Waals surface area contributed by atoms with Crippen LogP contribution in [0.15, 0.2) is 158 Å². The van der Waals surface area contributed by atoms with Crippen molar-refractivity contribution in [2.45, 2.75) is 347 Å². The van der Waals surface area contributed by atoms with E-state index >= 15 is 4.79 Å². The van der Waals surface area contributed by atoms with E-state index in [0.29, 0.717) is 37.9 Å². The van der Waals surface area contributed by atoms with Crippen molar-refractivity contribution < 1.29 is 82.6 Å². The van der Waals surface area contributed by atoms with Gasteiger partial charge in [0.05, 0.1) is 73.2 Å². The van der Waals surface area contributed by atoms with Crippen molar-refractivity contribution in [3.05, 3.63) is 169 Å². The van der Waals surface area contributed by atoms with Crippen LogP contribution in [0.25, 0.3) is 11.1 Å². The molecular weight excluding hydrogens is 1660 g/mol. The molecule has 4 aliphatic rings. The van der Waals surface area contributed by atoms with Crippen LogP contribution in [-0.2, 0) is 77.8 Å². The van der Waals surface area contributed by atoms with E-state index in [0.717, 1.165) is 22.3 Å². The van der Waals surface area contributed by atoms with Crippen molar-refractivity contribution in [3.63, 3.8) is 0 Å². The van der Waals surface area contributed by atoms with Crippen LogP contribution >= 0.6 is 0 Å². The van der Waals surface area contributed by atoms with Crippen LogP contribution in [0, 0.1) is 17.8 Å². The molecule has 0 spiro atoms. The summed E-state index contributed by atoms with van der Waals surface area (Å²) < 4.78 is 106. The predicted octanol–water partition coefficient (Wildman–Crippen LogP) is 22.5. The largest absolute Gasteiger partial charge is 0.494 e. The Hall–Kier alpha value is -4.38. The van der Waals surface area contributed by atoms with E-state index < -0.39 is 172 Å². The minimum absolute atomic E-state index is 0.00942. The van der Waals surface area contributed by atoms with Gasteiger partial charge in [-0.25, -0.2) is 4.79 Å². The fraction of sp³-hybridized carbons (Fsp3) is 0.641. The van der Waals surface area contributed by atoms with Gasteiger partial charge in [0.2, 0.25) is 0 Å². The Labute approximate surface area is 734 Å². The lowest BCUT2D eigenvalue weighted by atomic mass is 9.88. The fourth-order valence-electron chi connectivity index (χ4n) is 15.7. The molecule has 28 heteroatoms. The summed E-state index contributed by atoms with van der Waals surface area (Å²) in [4.78, 5) is 44.7. The first-order valence-corrected chi connectivity index (χ1v) is 74.6. The standard InChI is InChI=1S/C92H157NO18Si9/c1-33-58-97-90(95)85-82-61-70(102-91-89(111-120(30,31)32)86(88(69(5)100-91)110-119(27,28)29)93-92(96)98-65-79-77-54-48-46-52-75(77)76-53-47-49-55-78(76)79)51-45-43-41-39-37-35-34-36-38-40-42-44-50-66(2)87(109-118(24,25)26)67(3)68(4)99-84(94)64-74(105-114(12,13)14)59-71(103-112(6,7)8)56-57-80(106-115(15,16)17)81(107-116(18,19)20)63-73(104-113(9,10)11)60-72(101-82)62-83(85)108-117(21,22)23/h33-55,62,66-71,73-74,79-83,85-89,91H,1,56-61,63-65H2,2-32H3,(H,93,96)/b35-34+,38-36+,39-37+,42-40+,43-41+,50-44+,51-45+/t66-,67-,68-,69+,70-,71+,73+,74+,80+,81+,82-,83-,85-,86-,87+,88+,89-,91-/m0/s1. The molecule has 0 radical (unpaired) electrons. The van der Waals surface area contributed by atoms with Gasteiger partial charge in [0, 0.05) is 37.2 Å². The average molecular weight is 1820 g/mol. The molecule has 3 heterocycles. The lowest BCUT2D eigenvalue weighted by molar-refractivity contribution is -0.274. The molecule has 19 nitrogen and oxygen atoms in total.